The zero-order valence-electron chi connectivity index (χ0n) is 24.6. The quantitative estimate of drug-likeness (QED) is 0.281. The van der Waals surface area contributed by atoms with Crippen LogP contribution in [0.25, 0.3) is 0 Å². The third-order valence-corrected chi connectivity index (χ3v) is 9.98. The highest BCUT2D eigenvalue weighted by atomic mass is 19.4. The average molecular weight is 613 g/mol. The number of hydrogen-bond acceptors (Lipinski definition) is 7. The number of halogens is 6. The molecule has 5 N–H and O–H groups in total. The molecule has 42 heavy (non-hydrogen) atoms. The molecule has 7 atom stereocenters. The molecule has 4 heterocycles. The first-order chi connectivity index (χ1) is 19.7. The fraction of sp³-hybridized carbons (Fsp3) is 0.963. The smallest absolute Gasteiger partial charge is 0.354 e. The van der Waals surface area contributed by atoms with E-state index in [1.165, 1.54) is 0 Å². The molecule has 0 aromatic heterocycles. The van der Waals surface area contributed by atoms with Gasteiger partial charge in [0.25, 0.3) is 0 Å². The Morgan fingerprint density at radius 1 is 0.976 bits per heavy atom. The normalized spacial score (nSPS) is 38.9. The van der Waals surface area contributed by atoms with Gasteiger partial charge in [-0.25, -0.2) is 0 Å². The Morgan fingerprint density at radius 2 is 1.69 bits per heavy atom. The maximum Gasteiger partial charge on any atom is 0.411 e. The summed E-state index contributed by atoms with van der Waals surface area (Å²) in [5, 5.41) is 21.9. The molecule has 4 aliphatic heterocycles. The monoisotopic (exact) mass is 612 g/mol. The number of ether oxygens (including phenoxy) is 1. The third-order valence-electron chi connectivity index (χ3n) is 9.98. The van der Waals surface area contributed by atoms with Crippen LogP contribution in [0.1, 0.15) is 52.4 Å². The molecule has 9 nitrogen and oxygen atoms in total. The molecule has 1 aliphatic carbocycles. The van der Waals surface area contributed by atoms with Crippen molar-refractivity contribution in [2.75, 3.05) is 39.8 Å². The molecule has 0 bridgehead atoms. The third kappa shape index (κ3) is 6.96. The summed E-state index contributed by atoms with van der Waals surface area (Å²) in [7, 11) is 1.89. The van der Waals surface area contributed by atoms with Gasteiger partial charge in [-0.1, -0.05) is 0 Å². The Morgan fingerprint density at radius 3 is 2.33 bits per heavy atom. The Balaban J connectivity index is 1.19. The molecular formula is C27H46F6N8O. The Hall–Kier alpha value is -1.39. The van der Waals surface area contributed by atoms with Crippen LogP contribution in [0.4, 0.5) is 26.3 Å². The standard InChI is InChI=1S/C27H46F6N8O/c1-15(2)40-13-20(27(31,32)33)37-22(40)17-8-6-16(7-9-17)12-41-23-19(39(3)25(41)34)11-36-21(38-23)18-5-4-10-35-24(18)42-14-26(28,29)30/h15-24,34-38H,4-14H2,1-3H3. The van der Waals surface area contributed by atoms with Crippen molar-refractivity contribution in [2.45, 2.75) is 108 Å². The number of nitrogens with one attached hydrogen (secondary N) is 5. The van der Waals surface area contributed by atoms with Gasteiger partial charge >= 0.3 is 12.4 Å². The minimum absolute atomic E-state index is 0.00206. The second-order valence-electron chi connectivity index (χ2n) is 13.0. The van der Waals surface area contributed by atoms with Crippen molar-refractivity contribution in [2.24, 2.45) is 17.8 Å². The van der Waals surface area contributed by atoms with Gasteiger partial charge in [-0.05, 0) is 70.8 Å². The molecule has 7 unspecified atom stereocenters. The van der Waals surface area contributed by atoms with Crippen LogP contribution in [-0.4, -0.2) is 116 Å². The Kier molecular flexibility index (Phi) is 9.56. The van der Waals surface area contributed by atoms with E-state index < -0.39 is 31.2 Å². The van der Waals surface area contributed by atoms with Crippen LogP contribution in [0.3, 0.4) is 0 Å². The van der Waals surface area contributed by atoms with E-state index in [-0.39, 0.29) is 49.0 Å². The van der Waals surface area contributed by atoms with E-state index in [4.69, 9.17) is 10.1 Å². The van der Waals surface area contributed by atoms with Crippen molar-refractivity contribution >= 4 is 5.96 Å². The SMILES string of the molecule is CC(C)N1CC(C(F)(F)F)NC1C1CCC(CN2C(=N)N(C)C3CNC(C4CCCNC4OCC(F)(F)F)NC32)CC1. The maximum atomic E-state index is 13.5. The van der Waals surface area contributed by atoms with Crippen molar-refractivity contribution in [1.82, 2.24) is 36.0 Å². The molecule has 0 radical (unpaired) electrons. The molecule has 1 saturated carbocycles. The molecular weight excluding hydrogens is 566 g/mol. The molecule has 15 heteroatoms. The van der Waals surface area contributed by atoms with Crippen LogP contribution >= 0.6 is 0 Å². The van der Waals surface area contributed by atoms with Crippen LogP contribution < -0.4 is 21.3 Å². The number of guanidine groups is 1. The summed E-state index contributed by atoms with van der Waals surface area (Å²) in [6.07, 6.45) is -5.18. The first kappa shape index (κ1) is 32.0. The van der Waals surface area contributed by atoms with Crippen LogP contribution in [0, 0.1) is 23.2 Å². The van der Waals surface area contributed by atoms with Gasteiger partial charge in [0.15, 0.2) is 5.96 Å². The lowest BCUT2D eigenvalue weighted by Gasteiger charge is -2.45. The summed E-state index contributed by atoms with van der Waals surface area (Å²) in [5.41, 5.74) is 0. The number of likely N-dealkylation sites (N-methyl/N-ethyl adjacent to an activating group) is 1. The highest BCUT2D eigenvalue weighted by molar-refractivity contribution is 5.80. The van der Waals surface area contributed by atoms with Gasteiger partial charge in [-0.2, -0.15) is 26.3 Å². The average Bonchev–Trinajstić information content (AvgIpc) is 3.49. The van der Waals surface area contributed by atoms with E-state index in [0.717, 1.165) is 32.1 Å². The summed E-state index contributed by atoms with van der Waals surface area (Å²) >= 11 is 0. The van der Waals surface area contributed by atoms with E-state index in [0.29, 0.717) is 37.9 Å². The van der Waals surface area contributed by atoms with E-state index in [9.17, 15) is 26.3 Å². The number of piperidine rings is 1. The van der Waals surface area contributed by atoms with Gasteiger partial charge in [0.1, 0.15) is 25.0 Å². The van der Waals surface area contributed by atoms with Crippen molar-refractivity contribution in [3.63, 3.8) is 0 Å². The zero-order chi connectivity index (χ0) is 30.4. The minimum atomic E-state index is -4.40. The first-order valence-corrected chi connectivity index (χ1v) is 15.3. The molecule has 0 amide bonds. The molecule has 5 rings (SSSR count). The summed E-state index contributed by atoms with van der Waals surface area (Å²) < 4.78 is 84.4. The maximum absolute atomic E-state index is 13.5. The molecule has 5 aliphatic rings. The molecule has 4 saturated heterocycles. The lowest BCUT2D eigenvalue weighted by molar-refractivity contribution is -0.199. The van der Waals surface area contributed by atoms with Crippen LogP contribution in [0.5, 0.6) is 0 Å². The number of fused-ring (bicyclic) bond motifs is 1. The molecule has 242 valence electrons. The molecule has 0 spiro atoms. The van der Waals surface area contributed by atoms with E-state index in [1.807, 2.05) is 30.7 Å². The minimum Gasteiger partial charge on any atom is -0.354 e. The zero-order valence-corrected chi connectivity index (χ0v) is 24.6. The highest BCUT2D eigenvalue weighted by Gasteiger charge is 2.51. The van der Waals surface area contributed by atoms with Crippen LogP contribution in [-0.2, 0) is 4.74 Å². The summed E-state index contributed by atoms with van der Waals surface area (Å²) in [6, 6.07) is -1.49. The second-order valence-corrected chi connectivity index (χ2v) is 13.0. The fourth-order valence-corrected chi connectivity index (χ4v) is 7.70. The topological polar surface area (TPSA) is 90.9 Å². The summed E-state index contributed by atoms with van der Waals surface area (Å²) in [4.78, 5) is 5.95. The van der Waals surface area contributed by atoms with Crippen molar-refractivity contribution in [1.29, 1.82) is 5.41 Å². The van der Waals surface area contributed by atoms with Gasteiger partial charge in [0.05, 0.1) is 18.4 Å². The number of hydrogen-bond donors (Lipinski definition) is 5. The first-order valence-electron chi connectivity index (χ1n) is 15.3. The molecule has 0 aromatic rings. The Bertz CT molecular complexity index is 929. The van der Waals surface area contributed by atoms with Gasteiger partial charge in [0, 0.05) is 38.6 Å². The lowest BCUT2D eigenvalue weighted by atomic mass is 9.80. The number of rotatable bonds is 7. The fourth-order valence-electron chi connectivity index (χ4n) is 7.70. The second kappa shape index (κ2) is 12.5. The highest BCUT2D eigenvalue weighted by Crippen LogP contribution is 2.38. The van der Waals surface area contributed by atoms with Crippen molar-refractivity contribution in [3.8, 4) is 0 Å². The van der Waals surface area contributed by atoms with E-state index in [2.05, 4.69) is 26.2 Å². The van der Waals surface area contributed by atoms with Crippen LogP contribution in [0.2, 0.25) is 0 Å². The van der Waals surface area contributed by atoms with Gasteiger partial charge in [-0.3, -0.25) is 31.6 Å². The summed E-state index contributed by atoms with van der Waals surface area (Å²) in [5.74, 6) is 0.640. The van der Waals surface area contributed by atoms with Crippen LogP contribution in [0.15, 0.2) is 0 Å². The predicted molar refractivity (Wildman–Crippen MR) is 145 cm³/mol. The van der Waals surface area contributed by atoms with Gasteiger partial charge < -0.3 is 14.5 Å². The van der Waals surface area contributed by atoms with E-state index >= 15 is 0 Å². The summed E-state index contributed by atoms with van der Waals surface area (Å²) in [6.45, 7) is 4.41. The molecule has 5 fully saturated rings. The van der Waals surface area contributed by atoms with Crippen molar-refractivity contribution < 1.29 is 31.1 Å². The van der Waals surface area contributed by atoms with Gasteiger partial charge in [-0.15, -0.1) is 0 Å². The van der Waals surface area contributed by atoms with Gasteiger partial charge in [0.2, 0.25) is 0 Å². The predicted octanol–water partition coefficient (Wildman–Crippen LogP) is 2.66. The lowest BCUT2D eigenvalue weighted by Crippen LogP contribution is -2.69. The largest absolute Gasteiger partial charge is 0.411 e. The number of nitrogens with zero attached hydrogens (tertiary/aromatic N) is 3. The number of alkyl halides is 6. The molecule has 0 aromatic carbocycles. The van der Waals surface area contributed by atoms with E-state index in [1.54, 1.807) is 0 Å². The van der Waals surface area contributed by atoms with Crippen molar-refractivity contribution in [3.05, 3.63) is 0 Å². The Labute approximate surface area is 243 Å².